The van der Waals surface area contributed by atoms with Crippen LogP contribution in [0.15, 0.2) is 35.1 Å². The van der Waals surface area contributed by atoms with Gasteiger partial charge in [-0.05, 0) is 18.2 Å². The summed E-state index contributed by atoms with van der Waals surface area (Å²) in [6.07, 6.45) is 3.90. The Morgan fingerprint density at radius 3 is 3.12 bits per heavy atom. The van der Waals surface area contributed by atoms with Crippen LogP contribution in [0.25, 0.3) is 0 Å². The van der Waals surface area contributed by atoms with Crippen molar-refractivity contribution in [3.63, 3.8) is 0 Å². The van der Waals surface area contributed by atoms with E-state index in [0.717, 1.165) is 12.2 Å². The van der Waals surface area contributed by atoms with E-state index in [2.05, 4.69) is 16.4 Å². The van der Waals surface area contributed by atoms with Gasteiger partial charge in [-0.3, -0.25) is 0 Å². The predicted molar refractivity (Wildman–Crippen MR) is 64.3 cm³/mol. The highest BCUT2D eigenvalue weighted by Gasteiger charge is 2.03. The van der Waals surface area contributed by atoms with Crippen LogP contribution < -0.4 is 11.1 Å². The van der Waals surface area contributed by atoms with Crippen molar-refractivity contribution in [1.82, 2.24) is 4.98 Å². The van der Waals surface area contributed by atoms with Gasteiger partial charge >= 0.3 is 0 Å². The zero-order valence-corrected chi connectivity index (χ0v) is 9.18. The number of aromatic nitrogens is 1. The smallest absolute Gasteiger partial charge is 0.144 e. The molecule has 0 aliphatic heterocycles. The Balaban J connectivity index is 1.97. The van der Waals surface area contributed by atoms with Gasteiger partial charge in [-0.15, -0.1) is 0 Å². The van der Waals surface area contributed by atoms with E-state index in [0.29, 0.717) is 23.6 Å². The molecule has 0 amide bonds. The molecule has 2 aromatic heterocycles. The monoisotopic (exact) mass is 228 g/mol. The first-order valence-electron chi connectivity index (χ1n) is 5.21. The van der Waals surface area contributed by atoms with E-state index >= 15 is 0 Å². The van der Waals surface area contributed by atoms with Crippen LogP contribution in [0.2, 0.25) is 0 Å². The molecule has 0 aliphatic rings. The standard InChI is InChI=1S/C12H12N4O/c13-7-9-6-10(14)8-16-12(9)15-4-3-11-2-1-5-17-11/h1-2,5-6,8H,3-4,14H2,(H,15,16). The molecule has 17 heavy (non-hydrogen) atoms. The molecule has 0 fully saturated rings. The number of rotatable bonds is 4. The average Bonchev–Trinajstić information content (AvgIpc) is 2.84. The fourth-order valence-corrected chi connectivity index (χ4v) is 1.47. The van der Waals surface area contributed by atoms with Gasteiger partial charge in [-0.2, -0.15) is 5.26 Å². The third-order valence-corrected chi connectivity index (χ3v) is 2.27. The van der Waals surface area contributed by atoms with E-state index < -0.39 is 0 Å². The number of furan rings is 1. The van der Waals surface area contributed by atoms with Crippen LogP contribution >= 0.6 is 0 Å². The van der Waals surface area contributed by atoms with Gasteiger partial charge in [0.1, 0.15) is 17.6 Å². The Kier molecular flexibility index (Phi) is 3.26. The Bertz CT molecular complexity index is 528. The van der Waals surface area contributed by atoms with Gasteiger partial charge in [0.2, 0.25) is 0 Å². The highest BCUT2D eigenvalue weighted by atomic mass is 16.3. The molecule has 5 nitrogen and oxygen atoms in total. The fourth-order valence-electron chi connectivity index (χ4n) is 1.47. The fraction of sp³-hybridized carbons (Fsp3) is 0.167. The summed E-state index contributed by atoms with van der Waals surface area (Å²) < 4.78 is 5.20. The van der Waals surface area contributed by atoms with Crippen LogP contribution in [-0.4, -0.2) is 11.5 Å². The highest BCUT2D eigenvalue weighted by molar-refractivity contribution is 5.57. The van der Waals surface area contributed by atoms with Crippen molar-refractivity contribution >= 4 is 11.5 Å². The molecule has 2 rings (SSSR count). The summed E-state index contributed by atoms with van der Waals surface area (Å²) in [5, 5.41) is 12.0. The van der Waals surface area contributed by atoms with E-state index in [-0.39, 0.29) is 0 Å². The summed E-state index contributed by atoms with van der Waals surface area (Å²) in [6, 6.07) is 7.40. The van der Waals surface area contributed by atoms with Crippen LogP contribution in [0.4, 0.5) is 11.5 Å². The Morgan fingerprint density at radius 1 is 1.53 bits per heavy atom. The molecule has 0 radical (unpaired) electrons. The molecule has 3 N–H and O–H groups in total. The minimum atomic E-state index is 0.449. The first-order chi connectivity index (χ1) is 8.29. The topological polar surface area (TPSA) is 87.9 Å². The lowest BCUT2D eigenvalue weighted by molar-refractivity contribution is 0.513. The van der Waals surface area contributed by atoms with Crippen LogP contribution in [0.3, 0.4) is 0 Å². The van der Waals surface area contributed by atoms with E-state index in [1.807, 2.05) is 12.1 Å². The van der Waals surface area contributed by atoms with Gasteiger partial charge in [0, 0.05) is 13.0 Å². The predicted octanol–water partition coefficient (Wildman–Crippen LogP) is 1.78. The van der Waals surface area contributed by atoms with Crippen molar-refractivity contribution in [2.75, 3.05) is 17.6 Å². The van der Waals surface area contributed by atoms with E-state index in [4.69, 9.17) is 15.4 Å². The number of nitrogens with two attached hydrogens (primary N) is 1. The van der Waals surface area contributed by atoms with Gasteiger partial charge < -0.3 is 15.5 Å². The molecule has 0 bridgehead atoms. The van der Waals surface area contributed by atoms with Crippen molar-refractivity contribution in [1.29, 1.82) is 5.26 Å². The summed E-state index contributed by atoms with van der Waals surface area (Å²) in [4.78, 5) is 4.08. The van der Waals surface area contributed by atoms with Crippen molar-refractivity contribution in [3.05, 3.63) is 42.0 Å². The molecule has 86 valence electrons. The maximum Gasteiger partial charge on any atom is 0.144 e. The lowest BCUT2D eigenvalue weighted by atomic mass is 10.2. The number of nitrogen functional groups attached to an aromatic ring is 1. The maximum absolute atomic E-state index is 8.92. The van der Waals surface area contributed by atoms with Gasteiger partial charge in [0.05, 0.1) is 23.7 Å². The Hall–Kier alpha value is -2.48. The van der Waals surface area contributed by atoms with Crippen molar-refractivity contribution in [2.24, 2.45) is 0 Å². The lowest BCUT2D eigenvalue weighted by Gasteiger charge is -2.06. The normalized spacial score (nSPS) is 9.82. The number of nitrogens with zero attached hydrogens (tertiary/aromatic N) is 2. The number of nitriles is 1. The SMILES string of the molecule is N#Cc1cc(N)cnc1NCCc1ccco1. The van der Waals surface area contributed by atoms with E-state index in [1.54, 1.807) is 12.3 Å². The number of hydrogen-bond acceptors (Lipinski definition) is 5. The van der Waals surface area contributed by atoms with Crippen LogP contribution in [-0.2, 0) is 6.42 Å². The number of hydrogen-bond donors (Lipinski definition) is 2. The van der Waals surface area contributed by atoms with Crippen LogP contribution in [0, 0.1) is 11.3 Å². The molecule has 0 atom stereocenters. The zero-order valence-electron chi connectivity index (χ0n) is 9.18. The molecule has 2 heterocycles. The van der Waals surface area contributed by atoms with Crippen molar-refractivity contribution in [2.45, 2.75) is 6.42 Å². The van der Waals surface area contributed by atoms with E-state index in [1.165, 1.54) is 6.20 Å². The highest BCUT2D eigenvalue weighted by Crippen LogP contribution is 2.14. The summed E-state index contributed by atoms with van der Waals surface area (Å²) in [5.74, 6) is 1.44. The third kappa shape index (κ3) is 2.75. The molecule has 0 aromatic carbocycles. The van der Waals surface area contributed by atoms with Crippen molar-refractivity contribution < 1.29 is 4.42 Å². The molecule has 0 saturated carbocycles. The summed E-state index contributed by atoms with van der Waals surface area (Å²) in [5.41, 5.74) is 6.49. The Morgan fingerprint density at radius 2 is 2.41 bits per heavy atom. The lowest BCUT2D eigenvalue weighted by Crippen LogP contribution is -2.07. The molecular formula is C12H12N4O. The second kappa shape index (κ2) is 5.03. The summed E-state index contributed by atoms with van der Waals surface area (Å²) in [6.45, 7) is 0.652. The number of anilines is 2. The first-order valence-corrected chi connectivity index (χ1v) is 5.21. The molecular weight excluding hydrogens is 216 g/mol. The zero-order chi connectivity index (χ0) is 12.1. The van der Waals surface area contributed by atoms with Crippen molar-refractivity contribution in [3.8, 4) is 6.07 Å². The molecule has 0 spiro atoms. The van der Waals surface area contributed by atoms with Gasteiger partial charge in [-0.25, -0.2) is 4.98 Å². The molecule has 5 heteroatoms. The first kappa shape index (κ1) is 11.0. The quantitative estimate of drug-likeness (QED) is 0.832. The number of nitrogens with one attached hydrogen (secondary N) is 1. The molecule has 0 saturated heterocycles. The Labute approximate surface area is 98.9 Å². The summed E-state index contributed by atoms with van der Waals surface area (Å²) >= 11 is 0. The number of pyridine rings is 1. The van der Waals surface area contributed by atoms with Crippen LogP contribution in [0.5, 0.6) is 0 Å². The van der Waals surface area contributed by atoms with E-state index in [9.17, 15) is 0 Å². The minimum Gasteiger partial charge on any atom is -0.469 e. The molecule has 0 unspecified atom stereocenters. The second-order valence-corrected chi connectivity index (χ2v) is 3.53. The van der Waals surface area contributed by atoms with Gasteiger partial charge in [0.25, 0.3) is 0 Å². The maximum atomic E-state index is 8.92. The third-order valence-electron chi connectivity index (χ3n) is 2.27. The largest absolute Gasteiger partial charge is 0.469 e. The second-order valence-electron chi connectivity index (χ2n) is 3.53. The summed E-state index contributed by atoms with van der Waals surface area (Å²) in [7, 11) is 0. The van der Waals surface area contributed by atoms with Crippen LogP contribution in [0.1, 0.15) is 11.3 Å². The van der Waals surface area contributed by atoms with Gasteiger partial charge in [0.15, 0.2) is 0 Å². The minimum absolute atomic E-state index is 0.449. The molecule has 2 aromatic rings. The molecule has 0 aliphatic carbocycles. The average molecular weight is 228 g/mol. The van der Waals surface area contributed by atoms with Gasteiger partial charge in [-0.1, -0.05) is 0 Å².